The fourth-order valence-electron chi connectivity index (χ4n) is 1.77. The Morgan fingerprint density at radius 1 is 1.21 bits per heavy atom. The Morgan fingerprint density at radius 2 is 1.88 bits per heavy atom. The topological polar surface area (TPSA) is 143 Å². The highest BCUT2D eigenvalue weighted by molar-refractivity contribution is 5.87. The molecule has 2 aromatic rings. The Hall–Kier alpha value is -3.37. The molecule has 0 amide bonds. The highest BCUT2D eigenvalue weighted by Gasteiger charge is 2.24. The number of benzene rings is 1. The van der Waals surface area contributed by atoms with Gasteiger partial charge in [-0.2, -0.15) is 0 Å². The Bertz CT molecular complexity index is 823. The first-order chi connectivity index (χ1) is 11.1. The van der Waals surface area contributed by atoms with Gasteiger partial charge in [-0.15, -0.1) is 5.10 Å². The molecule has 0 aliphatic heterocycles. The third-order valence-electron chi connectivity index (χ3n) is 2.71. The van der Waals surface area contributed by atoms with E-state index in [2.05, 4.69) is 10.3 Å². The predicted octanol–water partition coefficient (Wildman–Crippen LogP) is 2.04. The van der Waals surface area contributed by atoms with Gasteiger partial charge in [0.15, 0.2) is 5.69 Å². The average Bonchev–Trinajstić information content (AvgIpc) is 2.94. The summed E-state index contributed by atoms with van der Waals surface area (Å²) >= 11 is 0. The molecule has 0 aliphatic rings. The first-order valence-electron chi connectivity index (χ1n) is 6.67. The zero-order valence-electron chi connectivity index (χ0n) is 13.0. The Balaban J connectivity index is 2.41. The van der Waals surface area contributed by atoms with Gasteiger partial charge in [0.25, 0.3) is 5.69 Å². The number of carbonyl (C=O) groups is 1. The molecular weight excluding hydrogens is 322 g/mol. The van der Waals surface area contributed by atoms with Crippen molar-refractivity contribution in [3.05, 3.63) is 50.3 Å². The van der Waals surface area contributed by atoms with Crippen LogP contribution in [0.15, 0.2) is 24.4 Å². The normalized spacial score (nSPS) is 11.1. The van der Waals surface area contributed by atoms with Gasteiger partial charge in [-0.05, 0) is 26.8 Å². The molecule has 0 unspecified atom stereocenters. The maximum atomic E-state index is 11.9. The van der Waals surface area contributed by atoms with Gasteiger partial charge in [-0.25, -0.2) is 9.48 Å². The van der Waals surface area contributed by atoms with Crippen molar-refractivity contribution in [3.63, 3.8) is 0 Å². The zero-order chi connectivity index (χ0) is 18.1. The SMILES string of the molecule is CC(C)(C)OC(=O)c1cn(-c2ccc([N+](=O)[O-])cc2[N+](=O)[O-])nn1. The molecule has 126 valence electrons. The van der Waals surface area contributed by atoms with E-state index in [0.717, 1.165) is 29.1 Å². The number of hydrogen-bond acceptors (Lipinski definition) is 8. The fraction of sp³-hybridized carbons (Fsp3) is 0.308. The second-order valence-electron chi connectivity index (χ2n) is 5.74. The van der Waals surface area contributed by atoms with Crippen LogP contribution in [0.25, 0.3) is 5.69 Å². The number of carbonyl (C=O) groups excluding carboxylic acids is 1. The number of nitro groups is 2. The van der Waals surface area contributed by atoms with Gasteiger partial charge in [0.2, 0.25) is 0 Å². The monoisotopic (exact) mass is 335 g/mol. The van der Waals surface area contributed by atoms with Gasteiger partial charge in [0, 0.05) is 6.07 Å². The Labute approximate surface area is 135 Å². The maximum absolute atomic E-state index is 11.9. The first kappa shape index (κ1) is 17.0. The van der Waals surface area contributed by atoms with E-state index >= 15 is 0 Å². The summed E-state index contributed by atoms with van der Waals surface area (Å²) in [5.74, 6) is -0.738. The average molecular weight is 335 g/mol. The van der Waals surface area contributed by atoms with Crippen LogP contribution in [-0.2, 0) is 4.74 Å². The number of aromatic nitrogens is 3. The lowest BCUT2D eigenvalue weighted by atomic mass is 10.2. The molecular formula is C13H13N5O6. The molecule has 1 heterocycles. The molecule has 0 fully saturated rings. The molecule has 0 saturated heterocycles. The molecule has 11 nitrogen and oxygen atoms in total. The summed E-state index contributed by atoms with van der Waals surface area (Å²) in [6.07, 6.45) is 1.15. The van der Waals surface area contributed by atoms with E-state index in [1.807, 2.05) is 0 Å². The third kappa shape index (κ3) is 3.69. The molecule has 0 N–H and O–H groups in total. The molecule has 0 spiro atoms. The fourth-order valence-corrected chi connectivity index (χ4v) is 1.77. The molecule has 0 saturated carbocycles. The lowest BCUT2D eigenvalue weighted by molar-refractivity contribution is -0.394. The molecule has 1 aromatic heterocycles. The van der Waals surface area contributed by atoms with Crippen LogP contribution in [0.5, 0.6) is 0 Å². The van der Waals surface area contributed by atoms with Crippen molar-refractivity contribution in [1.29, 1.82) is 0 Å². The summed E-state index contributed by atoms with van der Waals surface area (Å²) in [6.45, 7) is 5.03. The second kappa shape index (κ2) is 6.02. The van der Waals surface area contributed by atoms with Gasteiger partial charge in [-0.3, -0.25) is 20.2 Å². The van der Waals surface area contributed by atoms with E-state index in [4.69, 9.17) is 4.74 Å². The number of hydrogen-bond donors (Lipinski definition) is 0. The van der Waals surface area contributed by atoms with Crippen molar-refractivity contribution in [3.8, 4) is 5.69 Å². The third-order valence-corrected chi connectivity index (χ3v) is 2.71. The summed E-state index contributed by atoms with van der Waals surface area (Å²) in [5.41, 5.74) is -1.91. The van der Waals surface area contributed by atoms with E-state index in [1.165, 1.54) is 0 Å². The Kier molecular flexibility index (Phi) is 4.26. The van der Waals surface area contributed by atoms with Gasteiger partial charge < -0.3 is 4.74 Å². The van der Waals surface area contributed by atoms with Gasteiger partial charge in [0.05, 0.1) is 22.1 Å². The highest BCUT2D eigenvalue weighted by Crippen LogP contribution is 2.27. The van der Waals surface area contributed by atoms with Crippen LogP contribution in [0.4, 0.5) is 11.4 Å². The largest absolute Gasteiger partial charge is 0.455 e. The van der Waals surface area contributed by atoms with Crippen LogP contribution in [0.3, 0.4) is 0 Å². The van der Waals surface area contributed by atoms with Crippen molar-refractivity contribution < 1.29 is 19.4 Å². The van der Waals surface area contributed by atoms with E-state index in [9.17, 15) is 25.0 Å². The van der Waals surface area contributed by atoms with Crippen molar-refractivity contribution in [2.24, 2.45) is 0 Å². The van der Waals surface area contributed by atoms with E-state index in [0.29, 0.717) is 0 Å². The number of ether oxygens (including phenoxy) is 1. The lowest BCUT2D eigenvalue weighted by Crippen LogP contribution is -2.24. The van der Waals surface area contributed by atoms with Gasteiger partial charge in [-0.1, -0.05) is 5.21 Å². The standard InChI is InChI=1S/C13H13N5O6/c1-13(2,3)24-12(19)9-7-16(15-14-9)10-5-4-8(17(20)21)6-11(10)18(22)23/h4-7H,1-3H3. The first-order valence-corrected chi connectivity index (χ1v) is 6.67. The molecule has 0 atom stereocenters. The molecule has 24 heavy (non-hydrogen) atoms. The summed E-state index contributed by atoms with van der Waals surface area (Å²) in [4.78, 5) is 32.2. The molecule has 11 heteroatoms. The van der Waals surface area contributed by atoms with Crippen LogP contribution >= 0.6 is 0 Å². The van der Waals surface area contributed by atoms with Gasteiger partial charge >= 0.3 is 11.7 Å². The van der Waals surface area contributed by atoms with E-state index in [1.54, 1.807) is 20.8 Å². The lowest BCUT2D eigenvalue weighted by Gasteiger charge is -2.18. The minimum Gasteiger partial charge on any atom is -0.455 e. The molecule has 0 aliphatic carbocycles. The maximum Gasteiger partial charge on any atom is 0.361 e. The number of esters is 1. The summed E-state index contributed by atoms with van der Waals surface area (Å²) in [5, 5.41) is 29.1. The van der Waals surface area contributed by atoms with Crippen LogP contribution in [0, 0.1) is 20.2 Å². The van der Waals surface area contributed by atoms with Crippen molar-refractivity contribution in [2.75, 3.05) is 0 Å². The summed E-state index contributed by atoms with van der Waals surface area (Å²) in [6, 6.07) is 3.06. The zero-order valence-corrected chi connectivity index (χ0v) is 13.0. The Morgan fingerprint density at radius 3 is 2.42 bits per heavy atom. The molecule has 1 aromatic carbocycles. The molecule has 0 radical (unpaired) electrons. The van der Waals surface area contributed by atoms with Crippen LogP contribution in [0.2, 0.25) is 0 Å². The minimum absolute atomic E-state index is 0.0621. The van der Waals surface area contributed by atoms with E-state index in [-0.39, 0.29) is 11.4 Å². The van der Waals surface area contributed by atoms with Crippen molar-refractivity contribution in [2.45, 2.75) is 26.4 Å². The molecule has 0 bridgehead atoms. The quantitative estimate of drug-likeness (QED) is 0.469. The van der Waals surface area contributed by atoms with Crippen LogP contribution in [0.1, 0.15) is 31.3 Å². The van der Waals surface area contributed by atoms with Crippen LogP contribution < -0.4 is 0 Å². The second-order valence-corrected chi connectivity index (χ2v) is 5.74. The highest BCUT2D eigenvalue weighted by atomic mass is 16.6. The number of non-ortho nitro benzene ring substituents is 1. The van der Waals surface area contributed by atoms with Crippen molar-refractivity contribution in [1.82, 2.24) is 15.0 Å². The number of rotatable bonds is 4. The van der Waals surface area contributed by atoms with E-state index < -0.39 is 32.8 Å². The van der Waals surface area contributed by atoms with Crippen LogP contribution in [-0.4, -0.2) is 36.4 Å². The molecule has 2 rings (SSSR count). The smallest absolute Gasteiger partial charge is 0.361 e. The number of nitrogens with zero attached hydrogens (tertiary/aromatic N) is 5. The number of nitro benzene ring substituents is 2. The summed E-state index contributed by atoms with van der Waals surface area (Å²) in [7, 11) is 0. The minimum atomic E-state index is -0.781. The summed E-state index contributed by atoms with van der Waals surface area (Å²) < 4.78 is 6.11. The van der Waals surface area contributed by atoms with Crippen molar-refractivity contribution >= 4 is 17.3 Å². The van der Waals surface area contributed by atoms with Gasteiger partial charge in [0.1, 0.15) is 11.3 Å². The predicted molar refractivity (Wildman–Crippen MR) is 79.8 cm³/mol.